The van der Waals surface area contributed by atoms with E-state index in [1.807, 2.05) is 19.2 Å². The molecule has 1 aromatic heterocycles. The van der Waals surface area contributed by atoms with Crippen LogP contribution in [0.25, 0.3) is 0 Å². The standard InChI is InChI=1S/C12H22N2O/c1-12(2,9-13-3)10-14(4)8-11-6-5-7-15-11/h5-7,13H,8-10H2,1-4H3. The topological polar surface area (TPSA) is 28.4 Å². The summed E-state index contributed by atoms with van der Waals surface area (Å²) in [7, 11) is 4.12. The van der Waals surface area contributed by atoms with Gasteiger partial charge >= 0.3 is 0 Å². The second-order valence-corrected chi connectivity index (χ2v) is 4.95. The zero-order valence-corrected chi connectivity index (χ0v) is 10.2. The third-order valence-electron chi connectivity index (χ3n) is 2.36. The molecular weight excluding hydrogens is 188 g/mol. The number of hydrogen-bond donors (Lipinski definition) is 1. The van der Waals surface area contributed by atoms with Gasteiger partial charge in [0.05, 0.1) is 12.8 Å². The minimum absolute atomic E-state index is 0.288. The first kappa shape index (κ1) is 12.3. The van der Waals surface area contributed by atoms with E-state index in [0.717, 1.165) is 25.4 Å². The van der Waals surface area contributed by atoms with Crippen LogP contribution in [0.1, 0.15) is 19.6 Å². The highest BCUT2D eigenvalue weighted by atomic mass is 16.3. The third-order valence-corrected chi connectivity index (χ3v) is 2.36. The number of furan rings is 1. The van der Waals surface area contributed by atoms with Gasteiger partial charge in [-0.1, -0.05) is 13.8 Å². The van der Waals surface area contributed by atoms with Crippen molar-refractivity contribution >= 4 is 0 Å². The van der Waals surface area contributed by atoms with Gasteiger partial charge in [0.2, 0.25) is 0 Å². The predicted octanol–water partition coefficient (Wildman–Crippen LogP) is 1.96. The zero-order valence-electron chi connectivity index (χ0n) is 10.2. The second-order valence-electron chi connectivity index (χ2n) is 4.95. The quantitative estimate of drug-likeness (QED) is 0.778. The highest BCUT2D eigenvalue weighted by molar-refractivity contribution is 4.97. The fourth-order valence-electron chi connectivity index (χ4n) is 1.99. The van der Waals surface area contributed by atoms with E-state index in [1.54, 1.807) is 6.26 Å². The first-order valence-electron chi connectivity index (χ1n) is 5.39. The maximum absolute atomic E-state index is 5.32. The van der Waals surface area contributed by atoms with Gasteiger partial charge in [0.1, 0.15) is 5.76 Å². The average molecular weight is 210 g/mol. The lowest BCUT2D eigenvalue weighted by atomic mass is 9.93. The molecule has 0 amide bonds. The van der Waals surface area contributed by atoms with Gasteiger partial charge in [-0.15, -0.1) is 0 Å². The van der Waals surface area contributed by atoms with Gasteiger partial charge in [-0.05, 0) is 31.6 Å². The van der Waals surface area contributed by atoms with E-state index >= 15 is 0 Å². The van der Waals surface area contributed by atoms with Crippen LogP contribution in [0.15, 0.2) is 22.8 Å². The van der Waals surface area contributed by atoms with Crippen molar-refractivity contribution in [1.29, 1.82) is 0 Å². The molecule has 86 valence electrons. The monoisotopic (exact) mass is 210 g/mol. The van der Waals surface area contributed by atoms with Crippen molar-refractivity contribution in [1.82, 2.24) is 10.2 Å². The molecule has 0 spiro atoms. The molecule has 0 fully saturated rings. The Kier molecular flexibility index (Phi) is 4.36. The van der Waals surface area contributed by atoms with Gasteiger partial charge in [-0.2, -0.15) is 0 Å². The smallest absolute Gasteiger partial charge is 0.117 e. The minimum atomic E-state index is 0.288. The van der Waals surface area contributed by atoms with Crippen LogP contribution >= 0.6 is 0 Å². The van der Waals surface area contributed by atoms with Crippen LogP contribution in [0.4, 0.5) is 0 Å². The van der Waals surface area contributed by atoms with E-state index in [9.17, 15) is 0 Å². The van der Waals surface area contributed by atoms with Crippen molar-refractivity contribution < 1.29 is 4.42 Å². The minimum Gasteiger partial charge on any atom is -0.468 e. The Labute approximate surface area is 92.5 Å². The first-order valence-corrected chi connectivity index (χ1v) is 5.39. The number of hydrogen-bond acceptors (Lipinski definition) is 3. The molecule has 0 aromatic carbocycles. The maximum atomic E-state index is 5.32. The summed E-state index contributed by atoms with van der Waals surface area (Å²) in [6, 6.07) is 3.95. The lowest BCUT2D eigenvalue weighted by Crippen LogP contribution is -2.37. The lowest BCUT2D eigenvalue weighted by Gasteiger charge is -2.29. The van der Waals surface area contributed by atoms with Crippen LogP contribution in [0.5, 0.6) is 0 Å². The number of rotatable bonds is 6. The summed E-state index contributed by atoms with van der Waals surface area (Å²) in [5.41, 5.74) is 0.288. The van der Waals surface area contributed by atoms with Gasteiger partial charge in [0, 0.05) is 13.1 Å². The van der Waals surface area contributed by atoms with Gasteiger partial charge in [-0.25, -0.2) is 0 Å². The van der Waals surface area contributed by atoms with Crippen LogP contribution in [-0.4, -0.2) is 32.1 Å². The summed E-state index contributed by atoms with van der Waals surface area (Å²) in [5, 5.41) is 3.22. The van der Waals surface area contributed by atoms with Gasteiger partial charge in [0.15, 0.2) is 0 Å². The lowest BCUT2D eigenvalue weighted by molar-refractivity contribution is 0.191. The molecule has 15 heavy (non-hydrogen) atoms. The fraction of sp³-hybridized carbons (Fsp3) is 0.667. The molecule has 0 saturated carbocycles. The van der Waals surface area contributed by atoms with Crippen molar-refractivity contribution in [3.63, 3.8) is 0 Å². The summed E-state index contributed by atoms with van der Waals surface area (Å²) in [4.78, 5) is 2.29. The molecule has 3 heteroatoms. The van der Waals surface area contributed by atoms with E-state index in [0.29, 0.717) is 0 Å². The fourth-order valence-corrected chi connectivity index (χ4v) is 1.99. The molecule has 0 aliphatic carbocycles. The van der Waals surface area contributed by atoms with Crippen LogP contribution in [0, 0.1) is 5.41 Å². The summed E-state index contributed by atoms with van der Waals surface area (Å²) in [6.45, 7) is 7.48. The highest BCUT2D eigenvalue weighted by Crippen LogP contribution is 2.16. The maximum Gasteiger partial charge on any atom is 0.117 e. The molecule has 1 aromatic rings. The Balaban J connectivity index is 2.38. The summed E-state index contributed by atoms with van der Waals surface area (Å²) >= 11 is 0. The largest absolute Gasteiger partial charge is 0.468 e. The van der Waals surface area contributed by atoms with E-state index in [-0.39, 0.29) is 5.41 Å². The molecule has 1 heterocycles. The Hall–Kier alpha value is -0.800. The van der Waals surface area contributed by atoms with Crippen LogP contribution < -0.4 is 5.32 Å². The molecule has 0 bridgehead atoms. The molecule has 0 radical (unpaired) electrons. The first-order chi connectivity index (χ1) is 7.03. The van der Waals surface area contributed by atoms with Crippen molar-refractivity contribution in [3.05, 3.63) is 24.2 Å². The van der Waals surface area contributed by atoms with Crippen LogP contribution in [0.3, 0.4) is 0 Å². The summed E-state index contributed by atoms with van der Waals surface area (Å²) in [6.07, 6.45) is 1.72. The molecule has 0 saturated heterocycles. The second kappa shape index (κ2) is 5.33. The molecule has 0 unspecified atom stereocenters. The van der Waals surface area contributed by atoms with Crippen molar-refractivity contribution in [2.75, 3.05) is 27.2 Å². The van der Waals surface area contributed by atoms with Crippen molar-refractivity contribution in [3.8, 4) is 0 Å². The summed E-state index contributed by atoms with van der Waals surface area (Å²) in [5.74, 6) is 1.03. The third kappa shape index (κ3) is 4.49. The van der Waals surface area contributed by atoms with Gasteiger partial charge < -0.3 is 9.73 Å². The predicted molar refractivity (Wildman–Crippen MR) is 62.7 cm³/mol. The number of nitrogens with one attached hydrogen (secondary N) is 1. The van der Waals surface area contributed by atoms with Gasteiger partial charge in [-0.3, -0.25) is 4.90 Å². The Morgan fingerprint density at radius 2 is 2.20 bits per heavy atom. The molecular formula is C12H22N2O. The molecule has 0 atom stereocenters. The molecule has 1 rings (SSSR count). The molecule has 0 aliphatic rings. The number of nitrogens with zero attached hydrogens (tertiary/aromatic N) is 1. The van der Waals surface area contributed by atoms with Crippen molar-refractivity contribution in [2.45, 2.75) is 20.4 Å². The molecule has 3 nitrogen and oxygen atoms in total. The Bertz CT molecular complexity index is 267. The zero-order chi connectivity index (χ0) is 11.3. The molecule has 1 N–H and O–H groups in total. The van der Waals surface area contributed by atoms with Crippen molar-refractivity contribution in [2.24, 2.45) is 5.41 Å². The Morgan fingerprint density at radius 3 is 2.73 bits per heavy atom. The van der Waals surface area contributed by atoms with Crippen LogP contribution in [-0.2, 0) is 6.54 Å². The highest BCUT2D eigenvalue weighted by Gasteiger charge is 2.19. The van der Waals surface area contributed by atoms with Crippen LogP contribution in [0.2, 0.25) is 0 Å². The SMILES string of the molecule is CNCC(C)(C)CN(C)Cc1ccco1. The van der Waals surface area contributed by atoms with E-state index in [2.05, 4.69) is 31.1 Å². The average Bonchev–Trinajstić information content (AvgIpc) is 2.54. The summed E-state index contributed by atoms with van der Waals surface area (Å²) < 4.78 is 5.32. The normalized spacial score (nSPS) is 12.3. The van der Waals surface area contributed by atoms with E-state index in [1.165, 1.54) is 0 Å². The van der Waals surface area contributed by atoms with Gasteiger partial charge in [0.25, 0.3) is 0 Å². The van der Waals surface area contributed by atoms with E-state index in [4.69, 9.17) is 4.42 Å². The Morgan fingerprint density at radius 1 is 1.47 bits per heavy atom. The molecule has 0 aliphatic heterocycles. The van der Waals surface area contributed by atoms with E-state index < -0.39 is 0 Å².